The molecular formula is C18H21BF2N2O3S. The zero-order chi connectivity index (χ0) is 19.8. The van der Waals surface area contributed by atoms with Gasteiger partial charge >= 0.3 is 7.12 Å². The summed E-state index contributed by atoms with van der Waals surface area (Å²) in [4.78, 5) is 4.52. The molecule has 0 unspecified atom stereocenters. The largest absolute Gasteiger partial charge is 0.496 e. The predicted molar refractivity (Wildman–Crippen MR) is 102 cm³/mol. The zero-order valence-corrected chi connectivity index (χ0v) is 16.6. The molecule has 9 heteroatoms. The van der Waals surface area contributed by atoms with Gasteiger partial charge in [-0.25, -0.2) is 13.8 Å². The second-order valence-corrected chi connectivity index (χ2v) is 8.04. The van der Waals surface area contributed by atoms with Crippen molar-refractivity contribution in [1.29, 1.82) is 0 Å². The highest BCUT2D eigenvalue weighted by Crippen LogP contribution is 2.37. The van der Waals surface area contributed by atoms with E-state index in [0.717, 1.165) is 18.0 Å². The van der Waals surface area contributed by atoms with Gasteiger partial charge in [-0.15, -0.1) is 0 Å². The van der Waals surface area contributed by atoms with Gasteiger partial charge in [0.1, 0.15) is 17.3 Å². The minimum absolute atomic E-state index is 0.250. The topological polar surface area (TPSA) is 52.6 Å². The fraction of sp³-hybridized carbons (Fsp3) is 0.389. The molecule has 1 aromatic carbocycles. The van der Waals surface area contributed by atoms with E-state index in [9.17, 15) is 8.78 Å². The number of halogens is 2. The van der Waals surface area contributed by atoms with E-state index in [0.29, 0.717) is 17.0 Å². The average Bonchev–Trinajstić information content (AvgIpc) is 2.81. The molecule has 1 fully saturated rings. The summed E-state index contributed by atoms with van der Waals surface area (Å²) in [5, 5.41) is 0. The third-order valence-electron chi connectivity index (χ3n) is 4.76. The second kappa shape index (κ2) is 7.29. The van der Waals surface area contributed by atoms with Crippen LogP contribution in [-0.2, 0) is 9.31 Å². The smallest absolute Gasteiger partial charge is 0.480 e. The van der Waals surface area contributed by atoms with Crippen molar-refractivity contribution in [2.24, 2.45) is 0 Å². The Labute approximate surface area is 162 Å². The highest BCUT2D eigenvalue weighted by Gasteiger charge is 2.51. The number of nitrogens with zero attached hydrogens (tertiary/aromatic N) is 1. The lowest BCUT2D eigenvalue weighted by Gasteiger charge is -2.32. The summed E-state index contributed by atoms with van der Waals surface area (Å²) in [7, 11) is 0.909. The number of hydrogen-bond donors (Lipinski definition) is 1. The Bertz CT molecular complexity index is 835. The summed E-state index contributed by atoms with van der Waals surface area (Å²) in [6, 6.07) is 5.17. The molecule has 27 heavy (non-hydrogen) atoms. The Hall–Kier alpha value is -1.84. The van der Waals surface area contributed by atoms with Gasteiger partial charge in [0.25, 0.3) is 0 Å². The standard InChI is InChI=1S/C18H21BF2N2O3S/c1-17(2)18(3,4)26-19(25-17)11-8-14(16(24-5)22-10-11)23-27-15-7-6-12(20)9-13(15)21/h6-10,23H,1-5H3. The molecule has 1 aliphatic rings. The van der Waals surface area contributed by atoms with Crippen molar-refractivity contribution in [1.82, 2.24) is 4.98 Å². The number of benzene rings is 1. The van der Waals surface area contributed by atoms with Crippen molar-refractivity contribution in [2.75, 3.05) is 11.8 Å². The van der Waals surface area contributed by atoms with Crippen molar-refractivity contribution in [2.45, 2.75) is 43.8 Å². The quantitative estimate of drug-likeness (QED) is 0.615. The maximum Gasteiger partial charge on any atom is 0.496 e. The van der Waals surface area contributed by atoms with Crippen LogP contribution in [-0.4, -0.2) is 30.4 Å². The van der Waals surface area contributed by atoms with Gasteiger partial charge in [-0.05, 0) is 57.8 Å². The summed E-state index contributed by atoms with van der Waals surface area (Å²) in [5.41, 5.74) is 0.282. The van der Waals surface area contributed by atoms with Crippen molar-refractivity contribution in [3.05, 3.63) is 42.1 Å². The van der Waals surface area contributed by atoms with Crippen LogP contribution in [0.1, 0.15) is 27.7 Å². The van der Waals surface area contributed by atoms with Gasteiger partial charge in [-0.3, -0.25) is 0 Å². The van der Waals surface area contributed by atoms with E-state index in [4.69, 9.17) is 14.0 Å². The number of methoxy groups -OCH3 is 1. The Morgan fingerprint density at radius 1 is 1.11 bits per heavy atom. The molecule has 2 aromatic rings. The molecule has 0 atom stereocenters. The molecule has 0 saturated carbocycles. The third-order valence-corrected chi connectivity index (χ3v) is 5.63. The first-order valence-electron chi connectivity index (χ1n) is 8.40. The number of nitrogens with one attached hydrogen (secondary N) is 1. The van der Waals surface area contributed by atoms with Crippen LogP contribution >= 0.6 is 11.9 Å². The summed E-state index contributed by atoms with van der Waals surface area (Å²) in [6.07, 6.45) is 1.62. The molecule has 3 rings (SSSR count). The van der Waals surface area contributed by atoms with Crippen molar-refractivity contribution in [3.63, 3.8) is 0 Å². The molecule has 1 N–H and O–H groups in total. The van der Waals surface area contributed by atoms with Crippen molar-refractivity contribution >= 4 is 30.2 Å². The van der Waals surface area contributed by atoms with Gasteiger partial charge in [0, 0.05) is 17.7 Å². The maximum absolute atomic E-state index is 13.8. The normalized spacial score (nSPS) is 17.8. The molecule has 1 aromatic heterocycles. The van der Waals surface area contributed by atoms with Crippen LogP contribution in [0.25, 0.3) is 0 Å². The molecule has 0 aliphatic carbocycles. The van der Waals surface area contributed by atoms with E-state index in [1.807, 2.05) is 27.7 Å². The zero-order valence-electron chi connectivity index (χ0n) is 15.8. The van der Waals surface area contributed by atoms with E-state index in [1.54, 1.807) is 12.3 Å². The van der Waals surface area contributed by atoms with E-state index in [2.05, 4.69) is 9.71 Å². The summed E-state index contributed by atoms with van der Waals surface area (Å²) >= 11 is 0.996. The molecule has 5 nitrogen and oxygen atoms in total. The summed E-state index contributed by atoms with van der Waals surface area (Å²) in [6.45, 7) is 7.87. The fourth-order valence-electron chi connectivity index (χ4n) is 2.48. The molecule has 2 heterocycles. The molecule has 0 bridgehead atoms. The highest BCUT2D eigenvalue weighted by molar-refractivity contribution is 8.00. The van der Waals surface area contributed by atoms with E-state index >= 15 is 0 Å². The number of pyridine rings is 1. The molecule has 1 saturated heterocycles. The first kappa shape index (κ1) is 19.9. The van der Waals surface area contributed by atoms with Crippen molar-refractivity contribution in [3.8, 4) is 5.88 Å². The Morgan fingerprint density at radius 2 is 1.78 bits per heavy atom. The number of hydrogen-bond acceptors (Lipinski definition) is 6. The summed E-state index contributed by atoms with van der Waals surface area (Å²) in [5.74, 6) is -0.939. The van der Waals surface area contributed by atoms with Gasteiger partial charge in [-0.1, -0.05) is 0 Å². The van der Waals surface area contributed by atoms with E-state index in [1.165, 1.54) is 19.2 Å². The molecule has 144 valence electrons. The lowest BCUT2D eigenvalue weighted by Crippen LogP contribution is -2.41. The van der Waals surface area contributed by atoms with Crippen LogP contribution in [0.15, 0.2) is 35.4 Å². The molecule has 0 radical (unpaired) electrons. The van der Waals surface area contributed by atoms with E-state index < -0.39 is 30.0 Å². The Balaban J connectivity index is 1.82. The fourth-order valence-corrected chi connectivity index (χ4v) is 3.14. The third kappa shape index (κ3) is 4.05. The Morgan fingerprint density at radius 3 is 2.37 bits per heavy atom. The molecule has 0 spiro atoms. The van der Waals surface area contributed by atoms with Crippen LogP contribution < -0.4 is 14.9 Å². The number of ether oxygens (including phenoxy) is 1. The van der Waals surface area contributed by atoms with Crippen molar-refractivity contribution < 1.29 is 22.8 Å². The molecule has 0 amide bonds. The van der Waals surface area contributed by atoms with Gasteiger partial charge < -0.3 is 18.8 Å². The minimum atomic E-state index is -0.651. The number of aromatic nitrogens is 1. The lowest BCUT2D eigenvalue weighted by atomic mass is 9.80. The maximum atomic E-state index is 13.8. The van der Waals surface area contributed by atoms with Gasteiger partial charge in [0.15, 0.2) is 0 Å². The molecular weight excluding hydrogens is 373 g/mol. The SMILES string of the molecule is COc1ncc(B2OC(C)(C)C(C)(C)O2)cc1NSc1ccc(F)cc1F. The highest BCUT2D eigenvalue weighted by atomic mass is 32.2. The van der Waals surface area contributed by atoms with Gasteiger partial charge in [0.05, 0.1) is 23.2 Å². The lowest BCUT2D eigenvalue weighted by molar-refractivity contribution is 0.00578. The molecule has 1 aliphatic heterocycles. The summed E-state index contributed by atoms with van der Waals surface area (Å²) < 4.78 is 47.2. The van der Waals surface area contributed by atoms with E-state index in [-0.39, 0.29) is 4.90 Å². The van der Waals surface area contributed by atoms with Gasteiger partial charge in [0.2, 0.25) is 5.88 Å². The van der Waals surface area contributed by atoms with Crippen LogP contribution in [0.4, 0.5) is 14.5 Å². The van der Waals surface area contributed by atoms with Crippen LogP contribution in [0.5, 0.6) is 5.88 Å². The number of rotatable bonds is 5. The number of anilines is 1. The average molecular weight is 394 g/mol. The predicted octanol–water partition coefficient (Wildman–Crippen LogP) is 3.79. The van der Waals surface area contributed by atoms with Crippen LogP contribution in [0.2, 0.25) is 0 Å². The second-order valence-electron chi connectivity index (χ2n) is 7.19. The first-order chi connectivity index (χ1) is 12.6. The first-order valence-corrected chi connectivity index (χ1v) is 9.22. The minimum Gasteiger partial charge on any atom is -0.480 e. The van der Waals surface area contributed by atoms with Crippen LogP contribution in [0.3, 0.4) is 0 Å². The van der Waals surface area contributed by atoms with Gasteiger partial charge in [-0.2, -0.15) is 0 Å². The monoisotopic (exact) mass is 394 g/mol. The Kier molecular flexibility index (Phi) is 5.38. The van der Waals surface area contributed by atoms with Crippen LogP contribution in [0, 0.1) is 11.6 Å².